The molecule has 11 rings (SSSR count). The van der Waals surface area contributed by atoms with Gasteiger partial charge in [0.15, 0.2) is 16.9 Å². The smallest absolute Gasteiger partial charge is 0.227 e. The van der Waals surface area contributed by atoms with Gasteiger partial charge in [-0.2, -0.15) is 5.26 Å². The molecule has 0 atom stereocenters. The molecule has 0 N–H and O–H groups in total. The van der Waals surface area contributed by atoms with Gasteiger partial charge in [0.1, 0.15) is 5.52 Å². The maximum atomic E-state index is 9.52. The van der Waals surface area contributed by atoms with Crippen molar-refractivity contribution in [3.8, 4) is 62.4 Å². The topological polar surface area (TPSA) is 80.2 Å². The predicted octanol–water partition coefficient (Wildman–Crippen LogP) is 13.4. The summed E-state index contributed by atoms with van der Waals surface area (Å²) in [7, 11) is 0. The average molecular weight is 755 g/mol. The molecule has 1 aliphatic rings. The van der Waals surface area contributed by atoms with Crippen molar-refractivity contribution >= 4 is 27.9 Å². The lowest BCUT2D eigenvalue weighted by molar-refractivity contribution is 0.617. The SMILES string of the molecule is [C-]#[N+]c1ccc2oc(-c3cc(-c4cccc(-c5ccc6c(c5)C(c5ccccc5)(c5ccccc5)c5ccccc5-6)c4)cc(-c4nc5cc(C#N)ccc5o4)c3)nc2c1. The number of hydrogen-bond donors (Lipinski definition) is 0. The van der Waals surface area contributed by atoms with Gasteiger partial charge in [-0.05, 0) is 116 Å². The van der Waals surface area contributed by atoms with E-state index in [2.05, 4.69) is 150 Å². The molecule has 0 radical (unpaired) electrons. The van der Waals surface area contributed by atoms with E-state index in [-0.39, 0.29) is 0 Å². The molecule has 0 saturated carbocycles. The van der Waals surface area contributed by atoms with Gasteiger partial charge in [0.25, 0.3) is 0 Å². The van der Waals surface area contributed by atoms with Crippen molar-refractivity contribution < 1.29 is 8.83 Å². The van der Waals surface area contributed by atoms with Crippen LogP contribution in [0, 0.1) is 17.9 Å². The standard InChI is InChI=1S/C53H30N4O2/c1-55-42-21-24-50-48(31-42)57-52(59-50)39-28-37(27-38(29-39)51-56-47-25-33(32-54)19-23-49(47)58-51)35-12-10-11-34(26-35)36-20-22-44-43-17-8-9-18-45(43)53(46(44)30-36,40-13-4-2-5-14-40)41-15-6-3-7-16-41/h2-31H. The van der Waals surface area contributed by atoms with Crippen LogP contribution in [0.5, 0.6) is 0 Å². The maximum Gasteiger partial charge on any atom is 0.227 e. The summed E-state index contributed by atoms with van der Waals surface area (Å²) in [5.41, 5.74) is 15.9. The van der Waals surface area contributed by atoms with E-state index in [0.29, 0.717) is 45.2 Å². The number of fused-ring (bicyclic) bond motifs is 5. The first-order chi connectivity index (χ1) is 29.1. The predicted molar refractivity (Wildman–Crippen MR) is 232 cm³/mol. The minimum atomic E-state index is -0.506. The number of rotatable bonds is 6. The Morgan fingerprint density at radius 2 is 1.03 bits per heavy atom. The molecular weight excluding hydrogens is 725 g/mol. The third kappa shape index (κ3) is 5.47. The molecule has 0 saturated heterocycles. The summed E-state index contributed by atoms with van der Waals surface area (Å²) in [6.07, 6.45) is 0. The van der Waals surface area contributed by atoms with Crippen molar-refractivity contribution in [1.82, 2.24) is 9.97 Å². The molecule has 6 nitrogen and oxygen atoms in total. The minimum Gasteiger partial charge on any atom is -0.436 e. The van der Waals surface area contributed by atoms with Crippen LogP contribution in [0.4, 0.5) is 5.69 Å². The first-order valence-electron chi connectivity index (χ1n) is 19.3. The molecule has 274 valence electrons. The molecule has 10 aromatic rings. The van der Waals surface area contributed by atoms with Crippen LogP contribution in [0.25, 0.3) is 83.3 Å². The van der Waals surface area contributed by atoms with E-state index in [1.54, 1.807) is 36.4 Å². The van der Waals surface area contributed by atoms with Gasteiger partial charge >= 0.3 is 0 Å². The Balaban J connectivity index is 1.08. The maximum absolute atomic E-state index is 9.52. The van der Waals surface area contributed by atoms with E-state index < -0.39 is 5.41 Å². The summed E-state index contributed by atoms with van der Waals surface area (Å²) in [5.74, 6) is 0.831. The Kier molecular flexibility index (Phi) is 7.72. The first-order valence-corrected chi connectivity index (χ1v) is 19.3. The van der Waals surface area contributed by atoms with Crippen LogP contribution >= 0.6 is 0 Å². The fourth-order valence-electron chi connectivity index (χ4n) is 8.77. The van der Waals surface area contributed by atoms with Crippen LogP contribution in [-0.2, 0) is 5.41 Å². The monoisotopic (exact) mass is 754 g/mol. The second-order valence-corrected chi connectivity index (χ2v) is 14.8. The third-order valence-corrected chi connectivity index (χ3v) is 11.4. The molecule has 2 heterocycles. The average Bonchev–Trinajstić information content (AvgIpc) is 4.02. The zero-order valence-corrected chi connectivity index (χ0v) is 31.4. The summed E-state index contributed by atoms with van der Waals surface area (Å²) in [4.78, 5) is 13.2. The molecular formula is C53H30N4O2. The van der Waals surface area contributed by atoms with Gasteiger partial charge in [0, 0.05) is 11.1 Å². The van der Waals surface area contributed by atoms with Gasteiger partial charge in [0.2, 0.25) is 11.8 Å². The quantitative estimate of drug-likeness (QED) is 0.158. The van der Waals surface area contributed by atoms with Crippen molar-refractivity contribution in [2.24, 2.45) is 0 Å². The minimum absolute atomic E-state index is 0.414. The van der Waals surface area contributed by atoms with Crippen LogP contribution in [0.1, 0.15) is 27.8 Å². The molecule has 0 unspecified atom stereocenters. The Hall–Kier alpha value is -8.32. The number of oxazole rings is 2. The van der Waals surface area contributed by atoms with Crippen LogP contribution in [0.3, 0.4) is 0 Å². The number of aromatic nitrogens is 2. The molecule has 0 bridgehead atoms. The van der Waals surface area contributed by atoms with Gasteiger partial charge < -0.3 is 8.83 Å². The summed E-state index contributed by atoms with van der Waals surface area (Å²) in [6, 6.07) is 64.7. The lowest BCUT2D eigenvalue weighted by atomic mass is 9.67. The van der Waals surface area contributed by atoms with Crippen molar-refractivity contribution in [2.45, 2.75) is 5.41 Å². The number of benzene rings is 8. The second kappa shape index (κ2) is 13.4. The first kappa shape index (κ1) is 34.0. The highest BCUT2D eigenvalue weighted by Gasteiger charge is 2.46. The second-order valence-electron chi connectivity index (χ2n) is 14.8. The highest BCUT2D eigenvalue weighted by Crippen LogP contribution is 2.56. The fraction of sp³-hybridized carbons (Fsp3) is 0.0189. The number of nitrogens with zero attached hydrogens (tertiary/aromatic N) is 4. The highest BCUT2D eigenvalue weighted by atomic mass is 16.4. The molecule has 8 aromatic carbocycles. The Labute approximate surface area is 339 Å². The van der Waals surface area contributed by atoms with Gasteiger partial charge in [-0.15, -0.1) is 0 Å². The third-order valence-electron chi connectivity index (χ3n) is 11.4. The summed E-state index contributed by atoms with van der Waals surface area (Å²) >= 11 is 0. The van der Waals surface area contributed by atoms with Gasteiger partial charge in [-0.25, -0.2) is 14.8 Å². The highest BCUT2D eigenvalue weighted by molar-refractivity contribution is 5.90. The van der Waals surface area contributed by atoms with Crippen molar-refractivity contribution in [3.63, 3.8) is 0 Å². The van der Waals surface area contributed by atoms with Crippen molar-refractivity contribution in [2.75, 3.05) is 0 Å². The molecule has 0 spiro atoms. The zero-order valence-electron chi connectivity index (χ0n) is 31.4. The van der Waals surface area contributed by atoms with E-state index in [9.17, 15) is 5.26 Å². The van der Waals surface area contributed by atoms with Crippen LogP contribution in [0.15, 0.2) is 191 Å². The number of hydrogen-bond acceptors (Lipinski definition) is 5. The Bertz CT molecular complexity index is 3220. The fourth-order valence-corrected chi connectivity index (χ4v) is 8.77. The summed E-state index contributed by atoms with van der Waals surface area (Å²) in [5, 5.41) is 9.52. The van der Waals surface area contributed by atoms with Gasteiger partial charge in [-0.1, -0.05) is 121 Å². The van der Waals surface area contributed by atoms with E-state index in [1.165, 1.54) is 33.4 Å². The van der Waals surface area contributed by atoms with E-state index >= 15 is 0 Å². The molecule has 59 heavy (non-hydrogen) atoms. The molecule has 0 fully saturated rings. The van der Waals surface area contributed by atoms with Crippen molar-refractivity contribution in [1.29, 1.82) is 5.26 Å². The lowest BCUT2D eigenvalue weighted by Gasteiger charge is -2.34. The zero-order chi connectivity index (χ0) is 39.5. The summed E-state index contributed by atoms with van der Waals surface area (Å²) < 4.78 is 12.6. The van der Waals surface area contributed by atoms with E-state index in [0.717, 1.165) is 33.4 Å². The molecule has 0 aliphatic heterocycles. The van der Waals surface area contributed by atoms with E-state index in [1.807, 2.05) is 6.07 Å². The lowest BCUT2D eigenvalue weighted by Crippen LogP contribution is -2.28. The van der Waals surface area contributed by atoms with Gasteiger partial charge in [-0.3, -0.25) is 0 Å². The van der Waals surface area contributed by atoms with Crippen LogP contribution in [-0.4, -0.2) is 9.97 Å². The Morgan fingerprint density at radius 1 is 0.475 bits per heavy atom. The van der Waals surface area contributed by atoms with E-state index in [4.69, 9.17) is 25.4 Å². The molecule has 2 aromatic heterocycles. The molecule has 0 amide bonds. The number of nitriles is 1. The van der Waals surface area contributed by atoms with Gasteiger partial charge in [0.05, 0.1) is 29.1 Å². The molecule has 1 aliphatic carbocycles. The van der Waals surface area contributed by atoms with Crippen molar-refractivity contribution in [3.05, 3.63) is 221 Å². The largest absolute Gasteiger partial charge is 0.436 e. The Morgan fingerprint density at radius 3 is 1.71 bits per heavy atom. The normalized spacial score (nSPS) is 12.5. The summed E-state index contributed by atoms with van der Waals surface area (Å²) in [6.45, 7) is 7.48. The van der Waals surface area contributed by atoms with Crippen LogP contribution < -0.4 is 0 Å². The van der Waals surface area contributed by atoms with Crippen LogP contribution in [0.2, 0.25) is 0 Å². The molecule has 6 heteroatoms.